The summed E-state index contributed by atoms with van der Waals surface area (Å²) in [6.07, 6.45) is 2.04. The highest BCUT2D eigenvalue weighted by molar-refractivity contribution is 9.10. The van der Waals surface area contributed by atoms with Gasteiger partial charge in [-0.05, 0) is 44.9 Å². The summed E-state index contributed by atoms with van der Waals surface area (Å²) in [6, 6.07) is 5.77. The summed E-state index contributed by atoms with van der Waals surface area (Å²) in [6.45, 7) is 8.19. The van der Waals surface area contributed by atoms with Crippen molar-refractivity contribution in [3.8, 4) is 0 Å². The summed E-state index contributed by atoms with van der Waals surface area (Å²) < 4.78 is 0.932. The third kappa shape index (κ3) is 4.15. The summed E-state index contributed by atoms with van der Waals surface area (Å²) in [5.41, 5.74) is 1.59. The summed E-state index contributed by atoms with van der Waals surface area (Å²) in [7, 11) is 0. The van der Waals surface area contributed by atoms with E-state index in [0.29, 0.717) is 0 Å². The van der Waals surface area contributed by atoms with Crippen LogP contribution in [0.2, 0.25) is 0 Å². The van der Waals surface area contributed by atoms with Crippen molar-refractivity contribution in [3.05, 3.63) is 33.8 Å². The number of hydrogen-bond acceptors (Lipinski definition) is 1. The molecule has 0 saturated heterocycles. The zero-order valence-corrected chi connectivity index (χ0v) is 12.5. The number of halogens is 1. The lowest BCUT2D eigenvalue weighted by Crippen LogP contribution is -2.43. The van der Waals surface area contributed by atoms with Crippen molar-refractivity contribution in [2.75, 3.05) is 0 Å². The molecule has 0 saturated carbocycles. The first-order valence-corrected chi connectivity index (χ1v) is 6.73. The van der Waals surface area contributed by atoms with Gasteiger partial charge in [0, 0.05) is 15.6 Å². The van der Waals surface area contributed by atoms with Gasteiger partial charge < -0.3 is 5.32 Å². The van der Waals surface area contributed by atoms with E-state index in [0.717, 1.165) is 28.4 Å². The molecule has 1 aromatic rings. The second-order valence-electron chi connectivity index (χ2n) is 5.05. The summed E-state index contributed by atoms with van der Waals surface area (Å²) in [5, 5.41) is 3.08. The van der Waals surface area contributed by atoms with Gasteiger partial charge in [0.2, 0.25) is 0 Å². The van der Waals surface area contributed by atoms with Crippen LogP contribution in [0.5, 0.6) is 0 Å². The largest absolute Gasteiger partial charge is 0.347 e. The molecule has 0 bridgehead atoms. The zero-order chi connectivity index (χ0) is 13.1. The highest BCUT2D eigenvalue weighted by Crippen LogP contribution is 2.18. The van der Waals surface area contributed by atoms with Gasteiger partial charge in [-0.25, -0.2) is 0 Å². The number of carbonyl (C=O) groups is 1. The zero-order valence-electron chi connectivity index (χ0n) is 10.9. The van der Waals surface area contributed by atoms with E-state index in [9.17, 15) is 4.79 Å². The average Bonchev–Trinajstić information content (AvgIpc) is 2.20. The molecular weight excluding hydrogens is 278 g/mol. The quantitative estimate of drug-likeness (QED) is 0.892. The molecule has 0 unspecified atom stereocenters. The van der Waals surface area contributed by atoms with Crippen LogP contribution in [-0.2, 0) is 0 Å². The van der Waals surface area contributed by atoms with E-state index in [-0.39, 0.29) is 11.4 Å². The standard InChI is InChI=1S/C14H20BrNO/c1-5-8-14(3,4)16-13(17)12-9-11(15)7-6-10(12)2/h6-7,9H,5,8H2,1-4H3,(H,16,17). The Kier molecular flexibility index (Phi) is 4.75. The van der Waals surface area contributed by atoms with Crippen molar-refractivity contribution in [2.24, 2.45) is 0 Å². The van der Waals surface area contributed by atoms with Gasteiger partial charge in [0.25, 0.3) is 5.91 Å². The van der Waals surface area contributed by atoms with Crippen LogP contribution < -0.4 is 5.32 Å². The van der Waals surface area contributed by atoms with E-state index in [1.807, 2.05) is 25.1 Å². The van der Waals surface area contributed by atoms with Crippen LogP contribution in [0, 0.1) is 6.92 Å². The van der Waals surface area contributed by atoms with E-state index in [1.165, 1.54) is 0 Å². The molecule has 0 atom stereocenters. The second kappa shape index (κ2) is 5.67. The number of benzene rings is 1. The number of aryl methyl sites for hydroxylation is 1. The lowest BCUT2D eigenvalue weighted by Gasteiger charge is -2.26. The fourth-order valence-electron chi connectivity index (χ4n) is 1.90. The first kappa shape index (κ1) is 14.2. The third-order valence-electron chi connectivity index (χ3n) is 2.77. The minimum atomic E-state index is -0.152. The van der Waals surface area contributed by atoms with Crippen LogP contribution in [-0.4, -0.2) is 11.4 Å². The van der Waals surface area contributed by atoms with Crippen molar-refractivity contribution in [1.29, 1.82) is 0 Å². The lowest BCUT2D eigenvalue weighted by atomic mass is 9.97. The molecule has 1 rings (SSSR count). The van der Waals surface area contributed by atoms with Crippen LogP contribution in [0.3, 0.4) is 0 Å². The molecule has 1 amide bonds. The van der Waals surface area contributed by atoms with Gasteiger partial charge in [0.15, 0.2) is 0 Å². The topological polar surface area (TPSA) is 29.1 Å². The SMILES string of the molecule is CCCC(C)(C)NC(=O)c1cc(Br)ccc1C. The van der Waals surface area contributed by atoms with Crippen molar-refractivity contribution >= 4 is 21.8 Å². The van der Waals surface area contributed by atoms with E-state index in [4.69, 9.17) is 0 Å². The summed E-state index contributed by atoms with van der Waals surface area (Å²) >= 11 is 3.39. The lowest BCUT2D eigenvalue weighted by molar-refractivity contribution is 0.0908. The van der Waals surface area contributed by atoms with Gasteiger partial charge in [0.1, 0.15) is 0 Å². The third-order valence-corrected chi connectivity index (χ3v) is 3.26. The van der Waals surface area contributed by atoms with Gasteiger partial charge in [-0.3, -0.25) is 4.79 Å². The van der Waals surface area contributed by atoms with Crippen molar-refractivity contribution in [3.63, 3.8) is 0 Å². The Morgan fingerprint density at radius 2 is 2.06 bits per heavy atom. The molecule has 2 nitrogen and oxygen atoms in total. The van der Waals surface area contributed by atoms with Gasteiger partial charge in [-0.2, -0.15) is 0 Å². The summed E-state index contributed by atoms with van der Waals surface area (Å²) in [5.74, 6) is 0.00208. The van der Waals surface area contributed by atoms with Gasteiger partial charge in [-0.1, -0.05) is 35.3 Å². The number of nitrogens with one attached hydrogen (secondary N) is 1. The van der Waals surface area contributed by atoms with E-state index >= 15 is 0 Å². The molecule has 94 valence electrons. The van der Waals surface area contributed by atoms with Crippen LogP contribution >= 0.6 is 15.9 Å². The van der Waals surface area contributed by atoms with Crippen LogP contribution in [0.25, 0.3) is 0 Å². The van der Waals surface area contributed by atoms with Gasteiger partial charge >= 0.3 is 0 Å². The average molecular weight is 298 g/mol. The Morgan fingerprint density at radius 1 is 1.41 bits per heavy atom. The Hall–Kier alpha value is -0.830. The Labute approximate surface area is 112 Å². The maximum Gasteiger partial charge on any atom is 0.251 e. The number of hydrogen-bond donors (Lipinski definition) is 1. The first-order valence-electron chi connectivity index (χ1n) is 5.94. The van der Waals surface area contributed by atoms with E-state index in [1.54, 1.807) is 0 Å². The first-order chi connectivity index (χ1) is 7.85. The second-order valence-corrected chi connectivity index (χ2v) is 5.96. The minimum Gasteiger partial charge on any atom is -0.347 e. The normalized spacial score (nSPS) is 11.4. The Bertz CT molecular complexity index is 413. The molecule has 0 aliphatic carbocycles. The van der Waals surface area contributed by atoms with Crippen molar-refractivity contribution < 1.29 is 4.79 Å². The molecule has 1 aromatic carbocycles. The molecule has 0 spiro atoms. The van der Waals surface area contributed by atoms with Crippen LogP contribution in [0.1, 0.15) is 49.5 Å². The van der Waals surface area contributed by atoms with Crippen LogP contribution in [0.15, 0.2) is 22.7 Å². The highest BCUT2D eigenvalue weighted by atomic mass is 79.9. The molecule has 1 N–H and O–H groups in total. The monoisotopic (exact) mass is 297 g/mol. The van der Waals surface area contributed by atoms with E-state index < -0.39 is 0 Å². The fourth-order valence-corrected chi connectivity index (χ4v) is 2.26. The fraction of sp³-hybridized carbons (Fsp3) is 0.500. The molecule has 0 fully saturated rings. The molecule has 0 heterocycles. The number of rotatable bonds is 4. The molecule has 0 aromatic heterocycles. The predicted octanol–water partition coefficient (Wildman–Crippen LogP) is 4.07. The maximum absolute atomic E-state index is 12.2. The molecule has 3 heteroatoms. The van der Waals surface area contributed by atoms with Gasteiger partial charge in [0.05, 0.1) is 0 Å². The molecule has 0 aliphatic rings. The number of amides is 1. The predicted molar refractivity (Wildman–Crippen MR) is 75.3 cm³/mol. The van der Waals surface area contributed by atoms with Crippen molar-refractivity contribution in [1.82, 2.24) is 5.32 Å². The Morgan fingerprint density at radius 3 is 2.65 bits per heavy atom. The molecule has 17 heavy (non-hydrogen) atoms. The highest BCUT2D eigenvalue weighted by Gasteiger charge is 2.20. The van der Waals surface area contributed by atoms with Gasteiger partial charge in [-0.15, -0.1) is 0 Å². The molecule has 0 aliphatic heterocycles. The Balaban J connectivity index is 2.86. The smallest absolute Gasteiger partial charge is 0.251 e. The summed E-state index contributed by atoms with van der Waals surface area (Å²) in [4.78, 5) is 12.2. The van der Waals surface area contributed by atoms with Crippen molar-refractivity contribution in [2.45, 2.75) is 46.1 Å². The molecular formula is C14H20BrNO. The van der Waals surface area contributed by atoms with E-state index in [2.05, 4.69) is 42.0 Å². The maximum atomic E-state index is 12.2. The minimum absolute atomic E-state index is 0.00208. The molecule has 0 radical (unpaired) electrons. The van der Waals surface area contributed by atoms with Crippen LogP contribution in [0.4, 0.5) is 0 Å². The number of carbonyl (C=O) groups excluding carboxylic acids is 1.